The summed E-state index contributed by atoms with van der Waals surface area (Å²) in [6.07, 6.45) is 6.52. The Morgan fingerprint density at radius 1 is 1.23 bits per heavy atom. The third-order valence-electron chi connectivity index (χ3n) is 6.16. The van der Waals surface area contributed by atoms with Crippen LogP contribution >= 0.6 is 0 Å². The van der Waals surface area contributed by atoms with Gasteiger partial charge >= 0.3 is 0 Å². The molecule has 0 bridgehead atoms. The third kappa shape index (κ3) is 4.07. The predicted octanol–water partition coefficient (Wildman–Crippen LogP) is 4.89. The second-order valence-corrected chi connectivity index (χ2v) is 8.79. The maximum atomic E-state index is 12.8. The number of hydrogen-bond donors (Lipinski definition) is 1. The van der Waals surface area contributed by atoms with Crippen molar-refractivity contribution in [3.63, 3.8) is 0 Å². The molecule has 0 aliphatic carbocycles. The number of benzene rings is 1. The minimum Gasteiger partial charge on any atom is -0.361 e. The average molecular weight is 405 g/mol. The van der Waals surface area contributed by atoms with Gasteiger partial charge in [-0.3, -0.25) is 9.48 Å². The Balaban J connectivity index is 1.39. The van der Waals surface area contributed by atoms with Crippen LogP contribution in [-0.4, -0.2) is 38.7 Å². The molecule has 0 unspecified atom stereocenters. The zero-order valence-corrected chi connectivity index (χ0v) is 18.5. The van der Waals surface area contributed by atoms with Gasteiger partial charge in [-0.15, -0.1) is 0 Å². The summed E-state index contributed by atoms with van der Waals surface area (Å²) in [7, 11) is 0. The highest BCUT2D eigenvalue weighted by atomic mass is 16.2. The van der Waals surface area contributed by atoms with Crippen molar-refractivity contribution in [1.29, 1.82) is 0 Å². The summed E-state index contributed by atoms with van der Waals surface area (Å²) in [6.45, 7) is 11.0. The van der Waals surface area contributed by atoms with Gasteiger partial charge in [-0.05, 0) is 49.8 Å². The molecule has 0 radical (unpaired) electrons. The molecule has 0 spiro atoms. The average Bonchev–Trinajstić information content (AvgIpc) is 3.27. The summed E-state index contributed by atoms with van der Waals surface area (Å²) < 4.78 is 2.09. The summed E-state index contributed by atoms with van der Waals surface area (Å²) in [5.41, 5.74) is 7.25. The van der Waals surface area contributed by atoms with Crippen LogP contribution in [0.3, 0.4) is 0 Å². The second-order valence-electron chi connectivity index (χ2n) is 8.79. The molecule has 1 amide bonds. The van der Waals surface area contributed by atoms with Gasteiger partial charge in [0, 0.05) is 54.4 Å². The van der Waals surface area contributed by atoms with Crippen LogP contribution in [0.15, 0.2) is 36.5 Å². The lowest BCUT2D eigenvalue weighted by Gasteiger charge is -2.26. The van der Waals surface area contributed by atoms with E-state index >= 15 is 0 Å². The predicted molar refractivity (Wildman–Crippen MR) is 122 cm³/mol. The van der Waals surface area contributed by atoms with E-state index in [1.807, 2.05) is 11.0 Å². The molecule has 0 saturated heterocycles. The van der Waals surface area contributed by atoms with Crippen molar-refractivity contribution in [2.24, 2.45) is 5.92 Å². The van der Waals surface area contributed by atoms with E-state index < -0.39 is 0 Å². The standard InChI is InChI=1S/C25H32N4O/c1-17(2)16-29-19(4)21(18(3)27-29)9-10-25(30)28-13-11-20(12-14-28)23-15-26-24-8-6-5-7-22(23)24/h5-8,11,15,17,26H,9-10,12-14,16H2,1-4H3. The molecule has 1 aliphatic rings. The van der Waals surface area contributed by atoms with E-state index in [0.29, 0.717) is 18.9 Å². The van der Waals surface area contributed by atoms with E-state index in [2.05, 4.69) is 72.9 Å². The summed E-state index contributed by atoms with van der Waals surface area (Å²) in [6, 6.07) is 8.38. The molecule has 158 valence electrons. The number of nitrogens with zero attached hydrogens (tertiary/aromatic N) is 3. The van der Waals surface area contributed by atoms with Crippen LogP contribution in [0.25, 0.3) is 16.5 Å². The van der Waals surface area contributed by atoms with Crippen LogP contribution in [0.4, 0.5) is 0 Å². The first-order valence-corrected chi connectivity index (χ1v) is 11.0. The molecule has 3 aromatic rings. The van der Waals surface area contributed by atoms with Gasteiger partial charge in [0.1, 0.15) is 0 Å². The fourth-order valence-corrected chi connectivity index (χ4v) is 4.49. The molecule has 0 fully saturated rings. The third-order valence-corrected chi connectivity index (χ3v) is 6.16. The van der Waals surface area contributed by atoms with Gasteiger partial charge in [-0.1, -0.05) is 38.1 Å². The zero-order valence-electron chi connectivity index (χ0n) is 18.5. The smallest absolute Gasteiger partial charge is 0.223 e. The number of carbonyl (C=O) groups excluding carboxylic acids is 1. The van der Waals surface area contributed by atoms with Crippen LogP contribution in [0.2, 0.25) is 0 Å². The van der Waals surface area contributed by atoms with Gasteiger partial charge in [-0.2, -0.15) is 5.10 Å². The molecule has 3 heterocycles. The lowest BCUT2D eigenvalue weighted by molar-refractivity contribution is -0.130. The summed E-state index contributed by atoms with van der Waals surface area (Å²) in [5, 5.41) is 5.94. The second kappa shape index (κ2) is 8.50. The molecule has 1 aromatic carbocycles. The van der Waals surface area contributed by atoms with Gasteiger partial charge in [0.2, 0.25) is 5.91 Å². The highest BCUT2D eigenvalue weighted by Crippen LogP contribution is 2.29. The molecular weight excluding hydrogens is 372 g/mol. The van der Waals surface area contributed by atoms with Gasteiger partial charge in [0.25, 0.3) is 0 Å². The summed E-state index contributed by atoms with van der Waals surface area (Å²) >= 11 is 0. The number of carbonyl (C=O) groups is 1. The van der Waals surface area contributed by atoms with Crippen molar-refractivity contribution < 1.29 is 4.79 Å². The Labute approximate surface area is 178 Å². The summed E-state index contributed by atoms with van der Waals surface area (Å²) in [5.74, 6) is 0.795. The largest absolute Gasteiger partial charge is 0.361 e. The van der Waals surface area contributed by atoms with E-state index in [-0.39, 0.29) is 5.91 Å². The first kappa shape index (κ1) is 20.5. The number of rotatable bonds is 6. The molecule has 1 N–H and O–H groups in total. The maximum absolute atomic E-state index is 12.8. The topological polar surface area (TPSA) is 53.9 Å². The zero-order chi connectivity index (χ0) is 21.3. The fraction of sp³-hybridized carbons (Fsp3) is 0.440. The number of amides is 1. The number of aromatic amines is 1. The minimum atomic E-state index is 0.236. The Morgan fingerprint density at radius 3 is 2.77 bits per heavy atom. The Kier molecular flexibility index (Phi) is 5.80. The van der Waals surface area contributed by atoms with Crippen LogP contribution < -0.4 is 0 Å². The number of aryl methyl sites for hydroxylation is 1. The van der Waals surface area contributed by atoms with E-state index in [4.69, 9.17) is 0 Å². The van der Waals surface area contributed by atoms with Crippen LogP contribution in [0, 0.1) is 19.8 Å². The molecule has 2 aromatic heterocycles. The molecule has 0 atom stereocenters. The Morgan fingerprint density at radius 2 is 2.03 bits per heavy atom. The molecule has 1 aliphatic heterocycles. The number of hydrogen-bond acceptors (Lipinski definition) is 2. The van der Waals surface area contributed by atoms with Crippen molar-refractivity contribution >= 4 is 22.4 Å². The molecule has 5 heteroatoms. The normalized spacial score (nSPS) is 14.6. The van der Waals surface area contributed by atoms with E-state index in [1.54, 1.807) is 0 Å². The number of H-pyrrole nitrogens is 1. The molecule has 0 saturated carbocycles. The van der Waals surface area contributed by atoms with Crippen molar-refractivity contribution in [1.82, 2.24) is 19.7 Å². The summed E-state index contributed by atoms with van der Waals surface area (Å²) in [4.78, 5) is 18.2. The minimum absolute atomic E-state index is 0.236. The van der Waals surface area contributed by atoms with E-state index in [9.17, 15) is 4.79 Å². The van der Waals surface area contributed by atoms with E-state index in [1.165, 1.54) is 27.8 Å². The van der Waals surface area contributed by atoms with Crippen molar-refractivity contribution in [2.45, 2.75) is 53.5 Å². The highest BCUT2D eigenvalue weighted by molar-refractivity contribution is 5.93. The van der Waals surface area contributed by atoms with Crippen molar-refractivity contribution in [3.8, 4) is 0 Å². The highest BCUT2D eigenvalue weighted by Gasteiger charge is 2.20. The quantitative estimate of drug-likeness (QED) is 0.636. The Bertz CT molecular complexity index is 1090. The molecular formula is C25H32N4O. The van der Waals surface area contributed by atoms with Crippen LogP contribution in [0.1, 0.15) is 49.2 Å². The van der Waals surface area contributed by atoms with Gasteiger partial charge in [0.05, 0.1) is 5.69 Å². The van der Waals surface area contributed by atoms with Gasteiger partial charge in [-0.25, -0.2) is 0 Å². The van der Waals surface area contributed by atoms with E-state index in [0.717, 1.165) is 37.1 Å². The Hall–Kier alpha value is -2.82. The van der Waals surface area contributed by atoms with Crippen molar-refractivity contribution in [2.75, 3.05) is 13.1 Å². The van der Waals surface area contributed by atoms with Crippen LogP contribution in [0.5, 0.6) is 0 Å². The van der Waals surface area contributed by atoms with Gasteiger partial charge < -0.3 is 9.88 Å². The lowest BCUT2D eigenvalue weighted by Crippen LogP contribution is -2.34. The number of nitrogens with one attached hydrogen (secondary N) is 1. The number of fused-ring (bicyclic) bond motifs is 1. The first-order chi connectivity index (χ1) is 14.4. The number of aromatic nitrogens is 3. The number of para-hydroxylation sites is 1. The molecule has 4 rings (SSSR count). The van der Waals surface area contributed by atoms with Crippen LogP contribution in [-0.2, 0) is 17.8 Å². The molecule has 30 heavy (non-hydrogen) atoms. The first-order valence-electron chi connectivity index (χ1n) is 11.0. The van der Waals surface area contributed by atoms with Gasteiger partial charge in [0.15, 0.2) is 0 Å². The fourth-order valence-electron chi connectivity index (χ4n) is 4.49. The SMILES string of the molecule is Cc1nn(CC(C)C)c(C)c1CCC(=O)N1CC=C(c2c[nH]c3ccccc23)CC1. The maximum Gasteiger partial charge on any atom is 0.223 e. The monoisotopic (exact) mass is 404 g/mol. The van der Waals surface area contributed by atoms with Crippen molar-refractivity contribution in [3.05, 3.63) is 59.1 Å². The molecule has 5 nitrogen and oxygen atoms in total. The lowest BCUT2D eigenvalue weighted by atomic mass is 9.98.